The van der Waals surface area contributed by atoms with Crippen LogP contribution >= 0.6 is 11.6 Å². The fraction of sp³-hybridized carbons (Fsp3) is 0.379. The zero-order valence-electron chi connectivity index (χ0n) is 22.2. The van der Waals surface area contributed by atoms with Crippen LogP contribution in [0.1, 0.15) is 56.4 Å². The van der Waals surface area contributed by atoms with Gasteiger partial charge in [-0.05, 0) is 56.5 Å². The van der Waals surface area contributed by atoms with E-state index in [1.165, 1.54) is 0 Å². The summed E-state index contributed by atoms with van der Waals surface area (Å²) < 4.78 is 6.26. The molecule has 1 aromatic carbocycles. The van der Waals surface area contributed by atoms with Crippen molar-refractivity contribution in [2.24, 2.45) is 0 Å². The molecular formula is C29H32ClN5O2. The number of aryl methyl sites for hydroxylation is 1. The van der Waals surface area contributed by atoms with E-state index in [1.807, 2.05) is 48.2 Å². The van der Waals surface area contributed by atoms with Crippen LogP contribution in [-0.2, 0) is 5.41 Å². The normalized spacial score (nSPS) is 15.9. The fourth-order valence-electron chi connectivity index (χ4n) is 4.87. The third-order valence-electron chi connectivity index (χ3n) is 6.89. The molecule has 37 heavy (non-hydrogen) atoms. The number of piperazine rings is 1. The number of furan rings is 1. The van der Waals surface area contributed by atoms with Crippen LogP contribution < -0.4 is 4.90 Å². The van der Waals surface area contributed by atoms with Gasteiger partial charge in [-0.3, -0.25) is 4.79 Å². The van der Waals surface area contributed by atoms with E-state index in [0.29, 0.717) is 41.5 Å². The Balaban J connectivity index is 1.48. The number of carbonyl (C=O) groups excluding carboxylic acids is 1. The molecular weight excluding hydrogens is 486 g/mol. The summed E-state index contributed by atoms with van der Waals surface area (Å²) in [6, 6.07) is 15.4. The van der Waals surface area contributed by atoms with E-state index in [4.69, 9.17) is 21.0 Å². The van der Waals surface area contributed by atoms with Crippen molar-refractivity contribution in [1.82, 2.24) is 20.1 Å². The summed E-state index contributed by atoms with van der Waals surface area (Å²) in [7, 11) is 0. The molecule has 4 aromatic rings. The number of fused-ring (bicyclic) bond motifs is 1. The molecule has 1 aliphatic heterocycles. The van der Waals surface area contributed by atoms with E-state index in [-0.39, 0.29) is 11.3 Å². The molecule has 0 unspecified atom stereocenters. The smallest absolute Gasteiger partial charge is 0.290 e. The Kier molecular flexibility index (Phi) is 6.23. The Bertz CT molecular complexity index is 1450. The number of rotatable bonds is 3. The highest BCUT2D eigenvalue weighted by molar-refractivity contribution is 6.30. The minimum absolute atomic E-state index is 0.134. The lowest BCUT2D eigenvalue weighted by Crippen LogP contribution is -2.61. The number of nitrogens with zero attached hydrogens (tertiary/aromatic N) is 5. The van der Waals surface area contributed by atoms with Gasteiger partial charge in [0.25, 0.3) is 5.91 Å². The van der Waals surface area contributed by atoms with Crippen LogP contribution in [0, 0.1) is 6.92 Å². The maximum Gasteiger partial charge on any atom is 0.290 e. The minimum Gasteiger partial charge on any atom is -0.449 e. The van der Waals surface area contributed by atoms with Gasteiger partial charge in [-0.25, -0.2) is 4.98 Å². The first kappa shape index (κ1) is 25.2. The van der Waals surface area contributed by atoms with Crippen molar-refractivity contribution in [2.45, 2.75) is 52.5 Å². The summed E-state index contributed by atoms with van der Waals surface area (Å²) in [5.74, 6) is 0.992. The molecule has 5 rings (SSSR count). The molecule has 0 spiro atoms. The van der Waals surface area contributed by atoms with E-state index in [1.54, 1.807) is 6.07 Å². The van der Waals surface area contributed by atoms with Gasteiger partial charge in [-0.2, -0.15) is 5.10 Å². The topological polar surface area (TPSA) is 75.4 Å². The molecule has 192 valence electrons. The Morgan fingerprint density at radius 3 is 2.38 bits per heavy atom. The van der Waals surface area contributed by atoms with Gasteiger partial charge >= 0.3 is 0 Å². The Labute approximate surface area is 222 Å². The summed E-state index contributed by atoms with van der Waals surface area (Å²) in [6.45, 7) is 14.3. The summed E-state index contributed by atoms with van der Waals surface area (Å²) in [4.78, 5) is 22.7. The molecule has 8 heteroatoms. The summed E-state index contributed by atoms with van der Waals surface area (Å²) in [5.41, 5.74) is 4.35. The molecule has 7 nitrogen and oxygen atoms in total. The number of hydrogen-bond acceptors (Lipinski definition) is 6. The molecule has 1 saturated heterocycles. The summed E-state index contributed by atoms with van der Waals surface area (Å²) in [5, 5.41) is 9.20. The van der Waals surface area contributed by atoms with Crippen molar-refractivity contribution in [1.29, 1.82) is 0 Å². The number of hydrogen-bond donors (Lipinski definition) is 0. The Hall–Kier alpha value is -3.45. The van der Waals surface area contributed by atoms with Gasteiger partial charge < -0.3 is 14.2 Å². The summed E-state index contributed by atoms with van der Waals surface area (Å²) in [6.07, 6.45) is 0. The molecule has 0 N–H and O–H groups in total. The average molecular weight is 518 g/mol. The number of amides is 1. The number of pyridine rings is 1. The molecule has 1 fully saturated rings. The van der Waals surface area contributed by atoms with E-state index < -0.39 is 5.54 Å². The first-order chi connectivity index (χ1) is 17.4. The van der Waals surface area contributed by atoms with Crippen molar-refractivity contribution in [3.05, 3.63) is 70.6 Å². The van der Waals surface area contributed by atoms with Crippen LogP contribution in [0.15, 0.2) is 52.9 Å². The van der Waals surface area contributed by atoms with Gasteiger partial charge in [-0.1, -0.05) is 44.5 Å². The van der Waals surface area contributed by atoms with Crippen LogP contribution in [0.3, 0.4) is 0 Å². The van der Waals surface area contributed by atoms with Gasteiger partial charge in [0.2, 0.25) is 0 Å². The van der Waals surface area contributed by atoms with Crippen LogP contribution in [0.4, 0.5) is 5.82 Å². The predicted octanol–water partition coefficient (Wildman–Crippen LogP) is 6.29. The second-order valence-corrected chi connectivity index (χ2v) is 11.8. The first-order valence-electron chi connectivity index (χ1n) is 12.5. The maximum atomic E-state index is 13.8. The second-order valence-electron chi connectivity index (χ2n) is 11.4. The average Bonchev–Trinajstić information content (AvgIpc) is 3.27. The third kappa shape index (κ3) is 4.92. The van der Waals surface area contributed by atoms with Crippen LogP contribution in [0.5, 0.6) is 0 Å². The van der Waals surface area contributed by atoms with E-state index in [0.717, 1.165) is 28.3 Å². The number of halogens is 1. The fourth-order valence-corrected chi connectivity index (χ4v) is 5.00. The number of carbonyl (C=O) groups is 1. The highest BCUT2D eigenvalue weighted by atomic mass is 35.5. The van der Waals surface area contributed by atoms with E-state index >= 15 is 0 Å². The molecule has 0 bridgehead atoms. The molecule has 0 saturated carbocycles. The monoisotopic (exact) mass is 517 g/mol. The van der Waals surface area contributed by atoms with Gasteiger partial charge in [0, 0.05) is 41.9 Å². The number of aromatic nitrogens is 3. The molecule has 1 aliphatic rings. The molecule has 0 atom stereocenters. The lowest BCUT2D eigenvalue weighted by atomic mass is 9.86. The SMILES string of the molecule is Cc1ccc(N2CCN(C(=O)c3cc4nc(-c5ccc(Cl)cc5)cc(C(C)(C)C)c4o3)C(C)(C)C2)nn1. The second kappa shape index (κ2) is 9.14. The quantitative estimate of drug-likeness (QED) is 0.318. The highest BCUT2D eigenvalue weighted by Gasteiger charge is 2.39. The molecule has 3 aromatic heterocycles. The van der Waals surface area contributed by atoms with Crippen LogP contribution in [0.2, 0.25) is 5.02 Å². The number of anilines is 1. The zero-order chi connectivity index (χ0) is 26.5. The van der Waals surface area contributed by atoms with E-state index in [2.05, 4.69) is 55.8 Å². The number of benzene rings is 1. The molecule has 0 radical (unpaired) electrons. The van der Waals surface area contributed by atoms with Gasteiger partial charge in [-0.15, -0.1) is 5.10 Å². The zero-order valence-corrected chi connectivity index (χ0v) is 22.9. The van der Waals surface area contributed by atoms with Crippen molar-refractivity contribution < 1.29 is 9.21 Å². The van der Waals surface area contributed by atoms with Gasteiger partial charge in [0.1, 0.15) is 5.52 Å². The van der Waals surface area contributed by atoms with Gasteiger partial charge in [0.15, 0.2) is 17.2 Å². The Morgan fingerprint density at radius 2 is 1.76 bits per heavy atom. The molecule has 4 heterocycles. The standard InChI is InChI=1S/C29H32ClN5O2/c1-18-7-12-25(33-32-18)34-13-14-35(29(5,6)17-34)27(36)24-16-23-26(37-24)21(28(2,3)4)15-22(31-23)19-8-10-20(30)11-9-19/h7-12,15-16H,13-14,17H2,1-6H3. The maximum absolute atomic E-state index is 13.8. The van der Waals surface area contributed by atoms with Crippen molar-refractivity contribution in [3.63, 3.8) is 0 Å². The first-order valence-corrected chi connectivity index (χ1v) is 12.9. The van der Waals surface area contributed by atoms with Crippen LogP contribution in [0.25, 0.3) is 22.4 Å². The highest BCUT2D eigenvalue weighted by Crippen LogP contribution is 2.36. The largest absolute Gasteiger partial charge is 0.449 e. The molecule has 1 amide bonds. The predicted molar refractivity (Wildman–Crippen MR) is 147 cm³/mol. The van der Waals surface area contributed by atoms with E-state index in [9.17, 15) is 4.79 Å². The van der Waals surface area contributed by atoms with Crippen LogP contribution in [-0.4, -0.2) is 51.2 Å². The lowest BCUT2D eigenvalue weighted by Gasteiger charge is -2.47. The minimum atomic E-state index is -0.435. The van der Waals surface area contributed by atoms with Gasteiger partial charge in [0.05, 0.1) is 16.9 Å². The summed E-state index contributed by atoms with van der Waals surface area (Å²) >= 11 is 6.10. The molecule has 0 aliphatic carbocycles. The van der Waals surface area contributed by atoms with Crippen molar-refractivity contribution in [2.75, 3.05) is 24.5 Å². The Morgan fingerprint density at radius 1 is 1.03 bits per heavy atom. The third-order valence-corrected chi connectivity index (χ3v) is 7.14. The van der Waals surface area contributed by atoms with Crippen molar-refractivity contribution >= 4 is 34.4 Å². The lowest BCUT2D eigenvalue weighted by molar-refractivity contribution is 0.0483. The van der Waals surface area contributed by atoms with Crippen molar-refractivity contribution in [3.8, 4) is 11.3 Å².